The summed E-state index contributed by atoms with van der Waals surface area (Å²) in [6, 6.07) is 12.5. The number of aryl methyl sites for hydroxylation is 1. The van der Waals surface area contributed by atoms with Gasteiger partial charge in [-0.3, -0.25) is 9.59 Å². The smallest absolute Gasteiger partial charge is 0.256 e. The van der Waals surface area contributed by atoms with Crippen molar-refractivity contribution in [1.82, 2.24) is 4.98 Å². The number of pyridine rings is 1. The Hall–Kier alpha value is -2.97. The lowest BCUT2D eigenvalue weighted by molar-refractivity contribution is 0.102. The molecule has 3 aromatic rings. The van der Waals surface area contributed by atoms with Crippen LogP contribution in [0.3, 0.4) is 0 Å². The fourth-order valence-electron chi connectivity index (χ4n) is 2.58. The standard InChI is InChI=1S/C17H15N3O4S/c1-10-6-7-11(8-15(10)25(18,23)24)19-17(22)13-9-16(21)20-14-5-3-2-4-12(13)14/h2-9H,1H3,(H,19,22)(H,20,21)(H2,18,23,24). The van der Waals surface area contributed by atoms with Crippen LogP contribution in [-0.4, -0.2) is 19.3 Å². The van der Waals surface area contributed by atoms with Crippen molar-refractivity contribution in [2.45, 2.75) is 11.8 Å². The molecule has 2 aromatic carbocycles. The highest BCUT2D eigenvalue weighted by Crippen LogP contribution is 2.21. The van der Waals surface area contributed by atoms with Gasteiger partial charge in [-0.1, -0.05) is 24.3 Å². The molecule has 0 bridgehead atoms. The number of fused-ring (bicyclic) bond motifs is 1. The van der Waals surface area contributed by atoms with Gasteiger partial charge in [0.05, 0.1) is 10.5 Å². The maximum Gasteiger partial charge on any atom is 0.256 e. The second-order valence-corrected chi connectivity index (χ2v) is 7.10. The number of primary sulfonamides is 1. The van der Waals surface area contributed by atoms with Crippen molar-refractivity contribution in [2.24, 2.45) is 5.14 Å². The molecule has 0 spiro atoms. The molecule has 0 radical (unpaired) electrons. The summed E-state index contributed by atoms with van der Waals surface area (Å²) < 4.78 is 23.2. The van der Waals surface area contributed by atoms with Gasteiger partial charge in [-0.05, 0) is 30.7 Å². The van der Waals surface area contributed by atoms with Gasteiger partial charge in [-0.25, -0.2) is 13.6 Å². The molecule has 128 valence electrons. The summed E-state index contributed by atoms with van der Waals surface area (Å²) >= 11 is 0. The number of sulfonamides is 1. The van der Waals surface area contributed by atoms with Gasteiger partial charge in [0.2, 0.25) is 15.6 Å². The van der Waals surface area contributed by atoms with Gasteiger partial charge >= 0.3 is 0 Å². The summed E-state index contributed by atoms with van der Waals surface area (Å²) in [5, 5.41) is 8.36. The van der Waals surface area contributed by atoms with Crippen molar-refractivity contribution in [3.63, 3.8) is 0 Å². The predicted octanol–water partition coefficient (Wildman–Crippen LogP) is 1.74. The second-order valence-electron chi connectivity index (χ2n) is 5.57. The number of aromatic amines is 1. The van der Waals surface area contributed by atoms with E-state index < -0.39 is 21.5 Å². The Bertz CT molecular complexity index is 1150. The minimum atomic E-state index is -3.90. The van der Waals surface area contributed by atoms with Crippen molar-refractivity contribution >= 4 is 32.5 Å². The first kappa shape index (κ1) is 16.9. The topological polar surface area (TPSA) is 122 Å². The van der Waals surface area contributed by atoms with Gasteiger partial charge in [-0.15, -0.1) is 0 Å². The highest BCUT2D eigenvalue weighted by molar-refractivity contribution is 7.89. The molecule has 0 atom stereocenters. The zero-order valence-electron chi connectivity index (χ0n) is 13.2. The van der Waals surface area contributed by atoms with Crippen LogP contribution >= 0.6 is 0 Å². The Morgan fingerprint density at radius 1 is 1.12 bits per heavy atom. The molecule has 3 rings (SSSR count). The average Bonchev–Trinajstić information content (AvgIpc) is 2.54. The Kier molecular flexibility index (Phi) is 4.15. The molecule has 1 aromatic heterocycles. The van der Waals surface area contributed by atoms with E-state index >= 15 is 0 Å². The maximum atomic E-state index is 12.6. The molecule has 0 aliphatic carbocycles. The molecule has 8 heteroatoms. The molecule has 0 aliphatic heterocycles. The van der Waals surface area contributed by atoms with E-state index in [2.05, 4.69) is 10.3 Å². The lowest BCUT2D eigenvalue weighted by Crippen LogP contribution is -2.18. The maximum absolute atomic E-state index is 12.6. The number of nitrogens with two attached hydrogens (primary N) is 1. The molecular formula is C17H15N3O4S. The summed E-state index contributed by atoms with van der Waals surface area (Å²) in [6.45, 7) is 1.61. The van der Waals surface area contributed by atoms with Crippen LogP contribution in [-0.2, 0) is 10.0 Å². The molecule has 1 heterocycles. The van der Waals surface area contributed by atoms with Crippen LogP contribution in [0.5, 0.6) is 0 Å². The number of amides is 1. The summed E-state index contributed by atoms with van der Waals surface area (Å²) in [5.41, 5.74) is 1.07. The van der Waals surface area contributed by atoms with Crippen molar-refractivity contribution in [1.29, 1.82) is 0 Å². The van der Waals surface area contributed by atoms with Crippen molar-refractivity contribution in [3.05, 3.63) is 70.0 Å². The number of nitrogens with one attached hydrogen (secondary N) is 2. The van der Waals surface area contributed by atoms with E-state index in [1.165, 1.54) is 12.1 Å². The summed E-state index contributed by atoms with van der Waals surface area (Å²) in [6.07, 6.45) is 0. The predicted molar refractivity (Wildman–Crippen MR) is 95.1 cm³/mol. The molecule has 4 N–H and O–H groups in total. The number of carbonyl (C=O) groups excluding carboxylic acids is 1. The van der Waals surface area contributed by atoms with Gasteiger partial charge in [-0.2, -0.15) is 0 Å². The number of H-pyrrole nitrogens is 1. The first-order valence-corrected chi connectivity index (χ1v) is 8.87. The van der Waals surface area contributed by atoms with E-state index in [1.807, 2.05) is 0 Å². The highest BCUT2D eigenvalue weighted by Gasteiger charge is 2.15. The quantitative estimate of drug-likeness (QED) is 0.661. The Labute approximate surface area is 143 Å². The van der Waals surface area contributed by atoms with E-state index in [1.54, 1.807) is 43.3 Å². The van der Waals surface area contributed by atoms with Crippen LogP contribution in [0.25, 0.3) is 10.9 Å². The van der Waals surface area contributed by atoms with E-state index in [9.17, 15) is 18.0 Å². The largest absolute Gasteiger partial charge is 0.322 e. The van der Waals surface area contributed by atoms with Crippen molar-refractivity contribution < 1.29 is 13.2 Å². The molecule has 0 saturated carbocycles. The van der Waals surface area contributed by atoms with Crippen LogP contribution in [0, 0.1) is 6.92 Å². The van der Waals surface area contributed by atoms with E-state index in [0.29, 0.717) is 16.5 Å². The normalized spacial score (nSPS) is 11.4. The van der Waals surface area contributed by atoms with Gasteiger partial charge in [0.25, 0.3) is 5.91 Å². The molecule has 7 nitrogen and oxygen atoms in total. The van der Waals surface area contributed by atoms with Crippen LogP contribution < -0.4 is 16.0 Å². The minimum absolute atomic E-state index is 0.0685. The first-order chi connectivity index (χ1) is 11.8. The third-order valence-corrected chi connectivity index (χ3v) is 4.80. The Morgan fingerprint density at radius 2 is 1.84 bits per heavy atom. The van der Waals surface area contributed by atoms with Crippen molar-refractivity contribution in [3.8, 4) is 0 Å². The Balaban J connectivity index is 2.03. The van der Waals surface area contributed by atoms with Gasteiger partial charge in [0.1, 0.15) is 0 Å². The van der Waals surface area contributed by atoms with Crippen LogP contribution in [0.2, 0.25) is 0 Å². The number of anilines is 1. The third kappa shape index (κ3) is 3.44. The zero-order chi connectivity index (χ0) is 18.2. The molecule has 25 heavy (non-hydrogen) atoms. The van der Waals surface area contributed by atoms with Crippen LogP contribution in [0.15, 0.2) is 58.2 Å². The summed E-state index contributed by atoms with van der Waals surface area (Å²) in [5.74, 6) is -0.522. The van der Waals surface area contributed by atoms with Crippen molar-refractivity contribution in [2.75, 3.05) is 5.32 Å². The number of hydrogen-bond acceptors (Lipinski definition) is 4. The lowest BCUT2D eigenvalue weighted by Gasteiger charge is -2.10. The average molecular weight is 357 g/mol. The van der Waals surface area contributed by atoms with E-state index in [-0.39, 0.29) is 16.1 Å². The molecule has 0 unspecified atom stereocenters. The highest BCUT2D eigenvalue weighted by atomic mass is 32.2. The SMILES string of the molecule is Cc1ccc(NC(=O)c2cc(=O)[nH]c3ccccc23)cc1S(N)(=O)=O. The fraction of sp³-hybridized carbons (Fsp3) is 0.0588. The second kappa shape index (κ2) is 6.15. The number of hydrogen-bond donors (Lipinski definition) is 3. The minimum Gasteiger partial charge on any atom is -0.322 e. The number of carbonyl (C=O) groups is 1. The lowest BCUT2D eigenvalue weighted by atomic mass is 10.1. The molecule has 0 aliphatic rings. The summed E-state index contributed by atoms with van der Waals surface area (Å²) in [4.78, 5) is 26.9. The number of rotatable bonds is 3. The fourth-order valence-corrected chi connectivity index (χ4v) is 3.38. The van der Waals surface area contributed by atoms with Gasteiger partial charge in [0.15, 0.2) is 0 Å². The molecular weight excluding hydrogens is 342 g/mol. The number of benzene rings is 2. The number of para-hydroxylation sites is 1. The van der Waals surface area contributed by atoms with E-state index in [0.717, 1.165) is 0 Å². The summed E-state index contributed by atoms with van der Waals surface area (Å²) in [7, 11) is -3.90. The van der Waals surface area contributed by atoms with E-state index in [4.69, 9.17) is 5.14 Å². The number of aromatic nitrogens is 1. The van der Waals surface area contributed by atoms with Crippen LogP contribution in [0.4, 0.5) is 5.69 Å². The monoisotopic (exact) mass is 357 g/mol. The first-order valence-electron chi connectivity index (χ1n) is 7.32. The molecule has 0 fully saturated rings. The van der Waals surface area contributed by atoms with Gasteiger partial charge < -0.3 is 10.3 Å². The third-order valence-electron chi connectivity index (χ3n) is 3.75. The molecule has 0 saturated heterocycles. The van der Waals surface area contributed by atoms with Crippen LogP contribution in [0.1, 0.15) is 15.9 Å². The zero-order valence-corrected chi connectivity index (χ0v) is 14.1. The molecule has 1 amide bonds. The Morgan fingerprint density at radius 3 is 2.56 bits per heavy atom. The van der Waals surface area contributed by atoms with Gasteiger partial charge in [0, 0.05) is 22.7 Å².